The molecule has 1 aliphatic carbocycles. The van der Waals surface area contributed by atoms with Gasteiger partial charge in [-0.3, -0.25) is 9.59 Å². The molecule has 6 heteroatoms. The molecule has 5 nitrogen and oxygen atoms in total. The Balaban J connectivity index is 2.00. The number of aromatic nitrogens is 1. The van der Waals surface area contributed by atoms with Gasteiger partial charge in [-0.1, -0.05) is 0 Å². The number of carboxylic acids is 1. The zero-order chi connectivity index (χ0) is 14.2. The van der Waals surface area contributed by atoms with Crippen LogP contribution in [0.15, 0.2) is 16.7 Å². The molecule has 104 valence electrons. The predicted molar refractivity (Wildman–Crippen MR) is 74.1 cm³/mol. The number of halogens is 1. The predicted octanol–water partition coefficient (Wildman–Crippen LogP) is 2.42. The quantitative estimate of drug-likeness (QED) is 0.891. The Bertz CT molecular complexity index is 504. The zero-order valence-corrected chi connectivity index (χ0v) is 12.5. The van der Waals surface area contributed by atoms with Crippen molar-refractivity contribution in [2.45, 2.75) is 38.8 Å². The molecule has 1 aliphatic rings. The Morgan fingerprint density at radius 2 is 2.11 bits per heavy atom. The summed E-state index contributed by atoms with van der Waals surface area (Å²) in [5.74, 6) is -1.24. The molecule has 0 aliphatic heterocycles. The van der Waals surface area contributed by atoms with Crippen molar-refractivity contribution in [1.82, 2.24) is 9.88 Å². The van der Waals surface area contributed by atoms with Gasteiger partial charge in [-0.15, -0.1) is 0 Å². The highest BCUT2D eigenvalue weighted by molar-refractivity contribution is 9.10. The standard InChI is InChI=1S/C13H17BrN2O3/c1-7(2)16-6-9(14)5-11(16)12(17)15-10-3-8(4-10)13(18)19/h5-8,10H,3-4H2,1-2H3,(H,15,17)(H,18,19). The number of hydrogen-bond acceptors (Lipinski definition) is 2. The van der Waals surface area contributed by atoms with Crippen molar-refractivity contribution >= 4 is 27.8 Å². The zero-order valence-electron chi connectivity index (χ0n) is 10.9. The molecule has 0 atom stereocenters. The van der Waals surface area contributed by atoms with Gasteiger partial charge in [-0.25, -0.2) is 0 Å². The van der Waals surface area contributed by atoms with E-state index in [0.717, 1.165) is 4.47 Å². The molecule has 2 rings (SSSR count). The van der Waals surface area contributed by atoms with Crippen molar-refractivity contribution < 1.29 is 14.7 Å². The van der Waals surface area contributed by atoms with Crippen molar-refractivity contribution in [3.05, 3.63) is 22.4 Å². The summed E-state index contributed by atoms with van der Waals surface area (Å²) in [5, 5.41) is 11.7. The monoisotopic (exact) mass is 328 g/mol. The largest absolute Gasteiger partial charge is 0.481 e. The molecule has 0 unspecified atom stereocenters. The summed E-state index contributed by atoms with van der Waals surface area (Å²) >= 11 is 3.37. The van der Waals surface area contributed by atoms with Gasteiger partial charge in [-0.05, 0) is 48.7 Å². The van der Waals surface area contributed by atoms with E-state index in [1.165, 1.54) is 0 Å². The highest BCUT2D eigenvalue weighted by atomic mass is 79.9. The van der Waals surface area contributed by atoms with E-state index in [2.05, 4.69) is 21.2 Å². The third-order valence-electron chi connectivity index (χ3n) is 3.43. The first-order valence-corrected chi connectivity index (χ1v) is 7.08. The second-order valence-electron chi connectivity index (χ2n) is 5.22. The second kappa shape index (κ2) is 5.36. The summed E-state index contributed by atoms with van der Waals surface area (Å²) in [6.45, 7) is 4.01. The second-order valence-corrected chi connectivity index (χ2v) is 6.14. The average molecular weight is 329 g/mol. The van der Waals surface area contributed by atoms with Gasteiger partial charge in [-0.2, -0.15) is 0 Å². The minimum atomic E-state index is -0.779. The molecule has 0 saturated heterocycles. The number of amides is 1. The first kappa shape index (κ1) is 14.1. The van der Waals surface area contributed by atoms with Crippen LogP contribution in [0.1, 0.15) is 43.2 Å². The molecule has 1 aromatic rings. The molecule has 0 bridgehead atoms. The summed E-state index contributed by atoms with van der Waals surface area (Å²) in [7, 11) is 0. The Labute approximate surface area is 120 Å². The van der Waals surface area contributed by atoms with Crippen LogP contribution >= 0.6 is 15.9 Å². The van der Waals surface area contributed by atoms with Crippen LogP contribution in [0.5, 0.6) is 0 Å². The van der Waals surface area contributed by atoms with Crippen LogP contribution < -0.4 is 5.32 Å². The van der Waals surface area contributed by atoms with Gasteiger partial charge in [0.15, 0.2) is 0 Å². The number of aliphatic carboxylic acids is 1. The number of carbonyl (C=O) groups is 2. The van der Waals surface area contributed by atoms with Crippen molar-refractivity contribution in [1.29, 1.82) is 0 Å². The molecule has 0 spiro atoms. The number of carboxylic acid groups (broad SMARTS) is 1. The summed E-state index contributed by atoms with van der Waals surface area (Å²) in [6.07, 6.45) is 2.91. The van der Waals surface area contributed by atoms with Crippen LogP contribution in [-0.2, 0) is 4.79 Å². The molecule has 2 N–H and O–H groups in total. The molecule has 1 saturated carbocycles. The summed E-state index contributed by atoms with van der Waals surface area (Å²) < 4.78 is 2.76. The van der Waals surface area contributed by atoms with Crippen molar-refractivity contribution in [2.75, 3.05) is 0 Å². The fourth-order valence-corrected chi connectivity index (χ4v) is 2.69. The van der Waals surface area contributed by atoms with E-state index in [-0.39, 0.29) is 23.9 Å². The summed E-state index contributed by atoms with van der Waals surface area (Å²) in [5.41, 5.74) is 0.598. The molecule has 0 radical (unpaired) electrons. The fraction of sp³-hybridized carbons (Fsp3) is 0.538. The lowest BCUT2D eigenvalue weighted by molar-refractivity contribution is -0.145. The SMILES string of the molecule is CC(C)n1cc(Br)cc1C(=O)NC1CC(C(=O)O)C1. The van der Waals surface area contributed by atoms with Gasteiger partial charge in [0.1, 0.15) is 5.69 Å². The van der Waals surface area contributed by atoms with Crippen LogP contribution in [0.3, 0.4) is 0 Å². The van der Waals surface area contributed by atoms with E-state index in [1.807, 2.05) is 24.6 Å². The molecule has 1 fully saturated rings. The van der Waals surface area contributed by atoms with Gasteiger partial charge >= 0.3 is 5.97 Å². The third kappa shape index (κ3) is 3.00. The van der Waals surface area contributed by atoms with E-state index in [9.17, 15) is 9.59 Å². The van der Waals surface area contributed by atoms with Gasteiger partial charge < -0.3 is 15.0 Å². The number of nitrogens with zero attached hydrogens (tertiary/aromatic N) is 1. The van der Waals surface area contributed by atoms with Crippen LogP contribution in [-0.4, -0.2) is 27.6 Å². The van der Waals surface area contributed by atoms with Crippen LogP contribution in [0, 0.1) is 5.92 Å². The first-order valence-electron chi connectivity index (χ1n) is 6.29. The normalized spacial score (nSPS) is 22.1. The van der Waals surface area contributed by atoms with Crippen molar-refractivity contribution in [3.8, 4) is 0 Å². The molecule has 19 heavy (non-hydrogen) atoms. The Kier molecular flexibility index (Phi) is 3.99. The van der Waals surface area contributed by atoms with Gasteiger partial charge in [0.25, 0.3) is 5.91 Å². The minimum Gasteiger partial charge on any atom is -0.481 e. The topological polar surface area (TPSA) is 71.3 Å². The summed E-state index contributed by atoms with van der Waals surface area (Å²) in [4.78, 5) is 22.9. The number of rotatable bonds is 4. The van der Waals surface area contributed by atoms with Crippen LogP contribution in [0.25, 0.3) is 0 Å². The maximum atomic E-state index is 12.2. The van der Waals surface area contributed by atoms with Gasteiger partial charge in [0.05, 0.1) is 5.92 Å². The number of carbonyl (C=O) groups excluding carboxylic acids is 1. The highest BCUT2D eigenvalue weighted by Gasteiger charge is 2.35. The van der Waals surface area contributed by atoms with E-state index in [0.29, 0.717) is 18.5 Å². The Morgan fingerprint density at radius 3 is 2.63 bits per heavy atom. The third-order valence-corrected chi connectivity index (χ3v) is 3.86. The number of hydrogen-bond donors (Lipinski definition) is 2. The fourth-order valence-electron chi connectivity index (χ4n) is 2.25. The Hall–Kier alpha value is -1.30. The molecule has 1 aromatic heterocycles. The van der Waals surface area contributed by atoms with Gasteiger partial charge in [0, 0.05) is 22.8 Å². The smallest absolute Gasteiger partial charge is 0.306 e. The van der Waals surface area contributed by atoms with E-state index in [4.69, 9.17) is 5.11 Å². The van der Waals surface area contributed by atoms with Crippen molar-refractivity contribution in [2.24, 2.45) is 5.92 Å². The molecular formula is C13H17BrN2O3. The minimum absolute atomic E-state index is 0.0251. The van der Waals surface area contributed by atoms with E-state index in [1.54, 1.807) is 6.07 Å². The van der Waals surface area contributed by atoms with E-state index < -0.39 is 5.97 Å². The highest BCUT2D eigenvalue weighted by Crippen LogP contribution is 2.28. The lowest BCUT2D eigenvalue weighted by Crippen LogP contribution is -2.47. The summed E-state index contributed by atoms with van der Waals surface area (Å²) in [6, 6.07) is 1.95. The molecule has 1 heterocycles. The Morgan fingerprint density at radius 1 is 1.47 bits per heavy atom. The van der Waals surface area contributed by atoms with Crippen molar-refractivity contribution in [3.63, 3.8) is 0 Å². The maximum absolute atomic E-state index is 12.2. The molecular weight excluding hydrogens is 312 g/mol. The lowest BCUT2D eigenvalue weighted by Gasteiger charge is -2.32. The maximum Gasteiger partial charge on any atom is 0.306 e. The lowest BCUT2D eigenvalue weighted by atomic mass is 9.80. The molecule has 1 amide bonds. The van der Waals surface area contributed by atoms with Gasteiger partial charge in [0.2, 0.25) is 0 Å². The van der Waals surface area contributed by atoms with Crippen LogP contribution in [0.4, 0.5) is 0 Å². The van der Waals surface area contributed by atoms with Crippen LogP contribution in [0.2, 0.25) is 0 Å². The number of nitrogens with one attached hydrogen (secondary N) is 1. The van der Waals surface area contributed by atoms with E-state index >= 15 is 0 Å². The molecule has 0 aromatic carbocycles. The first-order chi connectivity index (χ1) is 8.88. The average Bonchev–Trinajstić information content (AvgIpc) is 2.64.